The van der Waals surface area contributed by atoms with Gasteiger partial charge in [-0.1, -0.05) is 35.4 Å². The number of halogens is 1. The molecule has 0 aliphatic rings. The maximum absolute atomic E-state index is 12.3. The van der Waals surface area contributed by atoms with Crippen molar-refractivity contribution in [2.45, 2.75) is 13.3 Å². The molecule has 28 heavy (non-hydrogen) atoms. The second-order valence-corrected chi connectivity index (χ2v) is 7.33. The molecule has 2 aromatic carbocycles. The van der Waals surface area contributed by atoms with Crippen LogP contribution in [0.15, 0.2) is 47.8 Å². The predicted octanol–water partition coefficient (Wildman–Crippen LogP) is 3.78. The molecule has 0 atom stereocenters. The van der Waals surface area contributed by atoms with Gasteiger partial charge in [-0.15, -0.1) is 11.3 Å². The monoisotopic (exact) mass is 415 g/mol. The van der Waals surface area contributed by atoms with Crippen LogP contribution in [-0.2, 0) is 11.2 Å². The summed E-state index contributed by atoms with van der Waals surface area (Å²) >= 11 is 7.36. The van der Waals surface area contributed by atoms with Gasteiger partial charge in [0, 0.05) is 16.0 Å². The van der Waals surface area contributed by atoms with E-state index in [1.807, 2.05) is 36.6 Å². The van der Waals surface area contributed by atoms with Crippen molar-refractivity contribution in [3.63, 3.8) is 0 Å². The van der Waals surface area contributed by atoms with E-state index in [4.69, 9.17) is 16.3 Å². The van der Waals surface area contributed by atoms with E-state index >= 15 is 0 Å². The number of hydrogen-bond acceptors (Lipinski definition) is 5. The SMILES string of the molecule is COc1cc(Cl)ccc1C(=O)NNC(=O)Cc1csc(-c2cccc(C)c2)n1. The van der Waals surface area contributed by atoms with Crippen molar-refractivity contribution in [3.8, 4) is 16.3 Å². The van der Waals surface area contributed by atoms with Crippen LogP contribution in [0.2, 0.25) is 5.02 Å². The lowest BCUT2D eigenvalue weighted by Crippen LogP contribution is -2.42. The third-order valence-corrected chi connectivity index (χ3v) is 5.06. The average Bonchev–Trinajstić information content (AvgIpc) is 3.14. The third-order valence-electron chi connectivity index (χ3n) is 3.88. The number of ether oxygens (including phenoxy) is 1. The van der Waals surface area contributed by atoms with Gasteiger partial charge < -0.3 is 4.74 Å². The molecule has 3 aromatic rings. The highest BCUT2D eigenvalue weighted by Crippen LogP contribution is 2.25. The minimum Gasteiger partial charge on any atom is -0.496 e. The van der Waals surface area contributed by atoms with Gasteiger partial charge in [0.15, 0.2) is 0 Å². The van der Waals surface area contributed by atoms with Crippen LogP contribution in [0.5, 0.6) is 5.75 Å². The van der Waals surface area contributed by atoms with Gasteiger partial charge in [0.25, 0.3) is 5.91 Å². The Balaban J connectivity index is 1.58. The second-order valence-electron chi connectivity index (χ2n) is 6.04. The van der Waals surface area contributed by atoms with Crippen molar-refractivity contribution in [1.29, 1.82) is 0 Å². The normalized spacial score (nSPS) is 10.4. The summed E-state index contributed by atoms with van der Waals surface area (Å²) in [4.78, 5) is 28.9. The van der Waals surface area contributed by atoms with Crippen molar-refractivity contribution >= 4 is 34.8 Å². The van der Waals surface area contributed by atoms with Crippen molar-refractivity contribution in [2.24, 2.45) is 0 Å². The number of nitrogens with zero attached hydrogens (tertiary/aromatic N) is 1. The molecular formula is C20H18ClN3O3S. The lowest BCUT2D eigenvalue weighted by atomic mass is 10.1. The van der Waals surface area contributed by atoms with Crippen LogP contribution >= 0.6 is 22.9 Å². The summed E-state index contributed by atoms with van der Waals surface area (Å²) in [7, 11) is 1.44. The first-order valence-electron chi connectivity index (χ1n) is 8.40. The van der Waals surface area contributed by atoms with Gasteiger partial charge in [-0.3, -0.25) is 20.4 Å². The summed E-state index contributed by atoms with van der Waals surface area (Å²) in [6.45, 7) is 2.02. The molecule has 0 saturated heterocycles. The lowest BCUT2D eigenvalue weighted by molar-refractivity contribution is -0.121. The van der Waals surface area contributed by atoms with Gasteiger partial charge in [-0.2, -0.15) is 0 Å². The van der Waals surface area contributed by atoms with Crippen LogP contribution in [0, 0.1) is 6.92 Å². The fourth-order valence-corrected chi connectivity index (χ4v) is 3.53. The van der Waals surface area contributed by atoms with Crippen molar-refractivity contribution in [2.75, 3.05) is 7.11 Å². The summed E-state index contributed by atoms with van der Waals surface area (Å²) < 4.78 is 5.14. The fourth-order valence-electron chi connectivity index (χ4n) is 2.55. The van der Waals surface area contributed by atoms with E-state index < -0.39 is 5.91 Å². The molecule has 0 radical (unpaired) electrons. The maximum atomic E-state index is 12.3. The Morgan fingerprint density at radius 2 is 2.00 bits per heavy atom. The number of rotatable bonds is 5. The van der Waals surface area contributed by atoms with Crippen molar-refractivity contribution in [3.05, 3.63) is 69.7 Å². The summed E-state index contributed by atoms with van der Waals surface area (Å²) in [6, 6.07) is 12.6. The number of amides is 2. The molecule has 1 aromatic heterocycles. The van der Waals surface area contributed by atoms with E-state index in [-0.39, 0.29) is 17.9 Å². The zero-order chi connectivity index (χ0) is 20.1. The van der Waals surface area contributed by atoms with Crippen molar-refractivity contribution < 1.29 is 14.3 Å². The molecule has 0 saturated carbocycles. The number of methoxy groups -OCH3 is 1. The molecule has 2 N–H and O–H groups in total. The van der Waals surface area contributed by atoms with E-state index in [0.717, 1.165) is 16.1 Å². The predicted molar refractivity (Wildman–Crippen MR) is 110 cm³/mol. The molecular weight excluding hydrogens is 398 g/mol. The highest BCUT2D eigenvalue weighted by molar-refractivity contribution is 7.13. The number of hydrogen-bond donors (Lipinski definition) is 2. The van der Waals surface area contributed by atoms with Crippen LogP contribution in [0.3, 0.4) is 0 Å². The number of carbonyl (C=O) groups excluding carboxylic acids is 2. The van der Waals surface area contributed by atoms with E-state index in [0.29, 0.717) is 16.5 Å². The Kier molecular flexibility index (Phi) is 6.28. The lowest BCUT2D eigenvalue weighted by Gasteiger charge is -2.10. The van der Waals surface area contributed by atoms with Crippen LogP contribution in [0.1, 0.15) is 21.6 Å². The number of hydrazine groups is 1. The number of carbonyl (C=O) groups is 2. The minimum absolute atomic E-state index is 0.0559. The molecule has 0 aliphatic heterocycles. The first-order chi connectivity index (χ1) is 13.5. The number of nitrogens with one attached hydrogen (secondary N) is 2. The largest absolute Gasteiger partial charge is 0.496 e. The van der Waals surface area contributed by atoms with Gasteiger partial charge in [0.1, 0.15) is 10.8 Å². The third kappa shape index (κ3) is 4.88. The molecule has 8 heteroatoms. The van der Waals surface area contributed by atoms with Gasteiger partial charge >= 0.3 is 0 Å². The second kappa shape index (κ2) is 8.86. The Bertz CT molecular complexity index is 1020. The van der Waals surface area contributed by atoms with Crippen LogP contribution in [0.4, 0.5) is 0 Å². The average molecular weight is 416 g/mol. The van der Waals surface area contributed by atoms with Gasteiger partial charge in [-0.05, 0) is 31.2 Å². The Labute approximate surface area is 171 Å². The molecule has 0 aliphatic carbocycles. The molecule has 0 fully saturated rings. The van der Waals surface area contributed by atoms with E-state index in [9.17, 15) is 9.59 Å². The summed E-state index contributed by atoms with van der Waals surface area (Å²) in [5, 5.41) is 3.13. The quantitative estimate of drug-likeness (QED) is 0.621. The zero-order valence-electron chi connectivity index (χ0n) is 15.3. The molecule has 144 valence electrons. The maximum Gasteiger partial charge on any atom is 0.273 e. The molecule has 1 heterocycles. The van der Waals surface area contributed by atoms with E-state index in [1.54, 1.807) is 6.07 Å². The minimum atomic E-state index is -0.499. The Morgan fingerprint density at radius 1 is 1.18 bits per heavy atom. The van der Waals surface area contributed by atoms with Gasteiger partial charge in [0.2, 0.25) is 5.91 Å². The number of aromatic nitrogens is 1. The van der Waals surface area contributed by atoms with Gasteiger partial charge in [0.05, 0.1) is 24.8 Å². The molecule has 0 unspecified atom stereocenters. The standard InChI is InChI=1S/C20H18ClN3O3S/c1-12-4-3-5-13(8-12)20-22-15(11-28-20)10-18(25)23-24-19(26)16-7-6-14(21)9-17(16)27-2/h3-9,11H,10H2,1-2H3,(H,23,25)(H,24,26). The van der Waals surface area contributed by atoms with Gasteiger partial charge in [-0.25, -0.2) is 4.98 Å². The Hall–Kier alpha value is -2.90. The van der Waals surface area contributed by atoms with Crippen LogP contribution in [-0.4, -0.2) is 23.9 Å². The van der Waals surface area contributed by atoms with E-state index in [1.165, 1.54) is 30.6 Å². The molecule has 3 rings (SSSR count). The molecule has 2 amide bonds. The van der Waals surface area contributed by atoms with Crippen LogP contribution < -0.4 is 15.6 Å². The molecule has 0 bridgehead atoms. The van der Waals surface area contributed by atoms with E-state index in [2.05, 4.69) is 15.8 Å². The first kappa shape index (κ1) is 19.9. The first-order valence-corrected chi connectivity index (χ1v) is 9.66. The highest BCUT2D eigenvalue weighted by Gasteiger charge is 2.14. The molecule has 0 spiro atoms. The smallest absolute Gasteiger partial charge is 0.273 e. The van der Waals surface area contributed by atoms with Crippen molar-refractivity contribution in [1.82, 2.24) is 15.8 Å². The molecule has 6 nitrogen and oxygen atoms in total. The number of thiazole rings is 1. The topological polar surface area (TPSA) is 80.3 Å². The summed E-state index contributed by atoms with van der Waals surface area (Å²) in [5.41, 5.74) is 7.83. The summed E-state index contributed by atoms with van der Waals surface area (Å²) in [6.07, 6.45) is 0.0559. The van der Waals surface area contributed by atoms with Crippen LogP contribution in [0.25, 0.3) is 10.6 Å². The number of benzene rings is 2. The zero-order valence-corrected chi connectivity index (χ0v) is 16.9. The highest BCUT2D eigenvalue weighted by atomic mass is 35.5. The summed E-state index contributed by atoms with van der Waals surface area (Å²) in [5.74, 6) is -0.551. The number of aryl methyl sites for hydroxylation is 1. The Morgan fingerprint density at radius 3 is 2.75 bits per heavy atom. The fraction of sp³-hybridized carbons (Fsp3) is 0.150.